The zero-order valence-corrected chi connectivity index (χ0v) is 34.3. The second kappa shape index (κ2) is 21.1. The maximum Gasteiger partial charge on any atom is 0.330 e. The first-order valence-corrected chi connectivity index (χ1v) is 20.2. The lowest BCUT2D eigenvalue weighted by Crippen LogP contribution is -2.10. The molecule has 0 aliphatic carbocycles. The van der Waals surface area contributed by atoms with Crippen LogP contribution >= 0.6 is 0 Å². The van der Waals surface area contributed by atoms with Gasteiger partial charge in [-0.2, -0.15) is 0 Å². The minimum Gasteiger partial charge on any atom is -0.463 e. The first kappa shape index (κ1) is 41.8. The quantitative estimate of drug-likeness (QED) is 0.0488. The molecule has 0 N–H and O–H groups in total. The van der Waals surface area contributed by atoms with Crippen LogP contribution in [0.25, 0.3) is 0 Å². The molecule has 7 nitrogen and oxygen atoms in total. The number of nitrogens with zero attached hydrogens (tertiary/aromatic N) is 2. The molecule has 0 saturated carbocycles. The molecule has 0 aromatic heterocycles. The van der Waals surface area contributed by atoms with Gasteiger partial charge < -0.3 is 24.0 Å². The lowest BCUT2D eigenvalue weighted by atomic mass is 10.1. The predicted octanol–water partition coefficient (Wildman–Crippen LogP) is 13.1. The smallest absolute Gasteiger partial charge is 0.330 e. The van der Waals surface area contributed by atoms with E-state index in [1.807, 2.05) is 24.3 Å². The minimum absolute atomic E-state index is 0.314. The van der Waals surface area contributed by atoms with Gasteiger partial charge in [-0.25, -0.2) is 9.59 Å². The van der Waals surface area contributed by atoms with Crippen molar-refractivity contribution in [2.24, 2.45) is 0 Å². The minimum atomic E-state index is -0.314. The Hall–Kier alpha value is -6.86. The van der Waals surface area contributed by atoms with Gasteiger partial charge in [0, 0.05) is 46.3 Å². The average Bonchev–Trinajstić information content (AvgIpc) is 3.25. The molecule has 0 heterocycles. The van der Waals surface area contributed by atoms with Crippen molar-refractivity contribution in [1.29, 1.82) is 0 Å². The van der Waals surface area contributed by atoms with E-state index < -0.39 is 0 Å². The summed E-state index contributed by atoms with van der Waals surface area (Å²) in [4.78, 5) is 27.8. The third kappa shape index (κ3) is 12.1. The standard InChI is InChI=1S/C52H52N2O5/c1-5-9-51(55)57-37-7-11-41-17-25-45(26-18-41)54(46-27-19-42(20-28-46)12-8-38-58-52(56)10-6-2)48-31-35-50(36-32-48)59-49-33-29-47(30-34-49)53(43-21-13-39(3)14-22-43)44-23-15-40(4)16-24-44/h5-6,9-10,13-36H,7-8,11-12,37-38H2,1-4H3. The lowest BCUT2D eigenvalue weighted by molar-refractivity contribution is -0.138. The van der Waals surface area contributed by atoms with Crippen molar-refractivity contribution in [2.45, 2.75) is 53.4 Å². The fraction of sp³-hybridized carbons (Fsp3) is 0.192. The van der Waals surface area contributed by atoms with Crippen molar-refractivity contribution in [3.8, 4) is 11.5 Å². The van der Waals surface area contributed by atoms with E-state index in [1.165, 1.54) is 23.3 Å². The summed E-state index contributed by atoms with van der Waals surface area (Å²) >= 11 is 0. The molecule has 6 rings (SSSR count). The fourth-order valence-corrected chi connectivity index (χ4v) is 6.63. The van der Waals surface area contributed by atoms with Crippen molar-refractivity contribution in [3.05, 3.63) is 192 Å². The Morgan fingerprint density at radius 3 is 1.03 bits per heavy atom. The zero-order chi connectivity index (χ0) is 41.4. The van der Waals surface area contributed by atoms with Crippen molar-refractivity contribution in [2.75, 3.05) is 23.0 Å². The van der Waals surface area contributed by atoms with Crippen molar-refractivity contribution >= 4 is 46.1 Å². The molecule has 0 radical (unpaired) electrons. The van der Waals surface area contributed by atoms with Gasteiger partial charge in [0.2, 0.25) is 0 Å². The van der Waals surface area contributed by atoms with Gasteiger partial charge in [0.25, 0.3) is 0 Å². The topological polar surface area (TPSA) is 68.3 Å². The number of rotatable bonds is 18. The highest BCUT2D eigenvalue weighted by Crippen LogP contribution is 2.38. The Kier molecular flexibility index (Phi) is 14.9. The van der Waals surface area contributed by atoms with Gasteiger partial charge in [0.15, 0.2) is 0 Å². The molecule has 0 atom stereocenters. The second-order valence-electron chi connectivity index (χ2n) is 14.3. The number of carbonyl (C=O) groups excluding carboxylic acids is 2. The van der Waals surface area contributed by atoms with Gasteiger partial charge in [-0.15, -0.1) is 0 Å². The molecule has 0 amide bonds. The maximum absolute atomic E-state index is 11.7. The highest BCUT2D eigenvalue weighted by molar-refractivity contribution is 5.82. The summed E-state index contributed by atoms with van der Waals surface area (Å²) in [5, 5.41) is 0. The summed E-state index contributed by atoms with van der Waals surface area (Å²) in [7, 11) is 0. The fourth-order valence-electron chi connectivity index (χ4n) is 6.63. The lowest BCUT2D eigenvalue weighted by Gasteiger charge is -2.26. The molecule has 0 saturated heterocycles. The van der Waals surface area contributed by atoms with Crippen LogP contribution in [0.2, 0.25) is 0 Å². The molecular weight excluding hydrogens is 733 g/mol. The number of hydrogen-bond donors (Lipinski definition) is 0. The van der Waals surface area contributed by atoms with Gasteiger partial charge in [0.05, 0.1) is 13.2 Å². The third-order valence-electron chi connectivity index (χ3n) is 9.71. The van der Waals surface area contributed by atoms with Crippen LogP contribution in [0.4, 0.5) is 34.1 Å². The van der Waals surface area contributed by atoms with Crippen LogP contribution in [0.3, 0.4) is 0 Å². The molecule has 0 fully saturated rings. The van der Waals surface area contributed by atoms with Crippen molar-refractivity contribution < 1.29 is 23.8 Å². The normalized spacial score (nSPS) is 11.1. The van der Waals surface area contributed by atoms with Crippen LogP contribution in [0.1, 0.15) is 48.9 Å². The van der Waals surface area contributed by atoms with E-state index in [1.54, 1.807) is 26.0 Å². The first-order chi connectivity index (χ1) is 28.8. The van der Waals surface area contributed by atoms with Gasteiger partial charge in [0.1, 0.15) is 11.5 Å². The molecule has 6 aromatic rings. The van der Waals surface area contributed by atoms with Gasteiger partial charge in [-0.3, -0.25) is 0 Å². The van der Waals surface area contributed by atoms with Crippen molar-refractivity contribution in [1.82, 2.24) is 0 Å². The summed E-state index contributed by atoms with van der Waals surface area (Å²) in [5.41, 5.74) is 11.0. The number of carbonyl (C=O) groups is 2. The van der Waals surface area contributed by atoms with E-state index in [-0.39, 0.29) is 11.9 Å². The summed E-state index contributed by atoms with van der Waals surface area (Å²) in [5.74, 6) is 0.841. The average molecular weight is 785 g/mol. The largest absolute Gasteiger partial charge is 0.463 e. The number of aryl methyl sites for hydroxylation is 4. The summed E-state index contributed by atoms with van der Waals surface area (Å²) in [6.45, 7) is 8.54. The van der Waals surface area contributed by atoms with Gasteiger partial charge >= 0.3 is 11.9 Å². The Morgan fingerprint density at radius 1 is 0.441 bits per heavy atom. The van der Waals surface area contributed by atoms with Crippen LogP contribution in [0, 0.1) is 13.8 Å². The molecule has 300 valence electrons. The van der Waals surface area contributed by atoms with Gasteiger partial charge in [-0.1, -0.05) is 71.8 Å². The molecule has 0 aliphatic rings. The predicted molar refractivity (Wildman–Crippen MR) is 240 cm³/mol. The van der Waals surface area contributed by atoms with Crippen LogP contribution in [0.15, 0.2) is 170 Å². The van der Waals surface area contributed by atoms with E-state index in [4.69, 9.17) is 14.2 Å². The number of ether oxygens (including phenoxy) is 3. The van der Waals surface area contributed by atoms with Crippen LogP contribution in [-0.2, 0) is 31.9 Å². The molecular formula is C52H52N2O5. The Bertz CT molecular complexity index is 2170. The molecule has 0 unspecified atom stereocenters. The molecule has 0 aliphatic heterocycles. The molecule has 0 spiro atoms. The van der Waals surface area contributed by atoms with Crippen molar-refractivity contribution in [3.63, 3.8) is 0 Å². The van der Waals surface area contributed by atoms with Crippen LogP contribution < -0.4 is 14.5 Å². The number of esters is 2. The van der Waals surface area contributed by atoms with E-state index in [0.29, 0.717) is 13.2 Å². The van der Waals surface area contributed by atoms with Crippen LogP contribution in [0.5, 0.6) is 11.5 Å². The molecule has 59 heavy (non-hydrogen) atoms. The Morgan fingerprint density at radius 2 is 0.729 bits per heavy atom. The Labute approximate surface area is 348 Å². The number of anilines is 6. The van der Waals surface area contributed by atoms with E-state index in [0.717, 1.165) is 82.4 Å². The highest BCUT2D eigenvalue weighted by atomic mass is 16.5. The second-order valence-corrected chi connectivity index (χ2v) is 14.3. The first-order valence-electron chi connectivity index (χ1n) is 20.2. The van der Waals surface area contributed by atoms with E-state index in [2.05, 4.69) is 145 Å². The van der Waals surface area contributed by atoms with Crippen LogP contribution in [-0.4, -0.2) is 25.2 Å². The number of benzene rings is 6. The summed E-state index contributed by atoms with van der Waals surface area (Å²) in [6, 6.07) is 50.4. The maximum atomic E-state index is 11.7. The Balaban J connectivity index is 1.18. The molecule has 6 aromatic carbocycles. The van der Waals surface area contributed by atoms with Gasteiger partial charge in [-0.05, 0) is 162 Å². The monoisotopic (exact) mass is 784 g/mol. The summed E-state index contributed by atoms with van der Waals surface area (Å²) in [6.07, 6.45) is 9.30. The molecule has 0 bridgehead atoms. The summed E-state index contributed by atoms with van der Waals surface area (Å²) < 4.78 is 16.9. The zero-order valence-electron chi connectivity index (χ0n) is 34.3. The number of hydrogen-bond acceptors (Lipinski definition) is 7. The SMILES string of the molecule is CC=CC(=O)OCCCc1ccc(N(c2ccc(CCCOC(=O)C=CC)cc2)c2ccc(Oc3ccc(N(c4ccc(C)cc4)c4ccc(C)cc4)cc3)cc2)cc1. The van der Waals surface area contributed by atoms with E-state index >= 15 is 0 Å². The third-order valence-corrected chi connectivity index (χ3v) is 9.71. The highest BCUT2D eigenvalue weighted by Gasteiger charge is 2.15. The number of allylic oxidation sites excluding steroid dienone is 2. The molecule has 7 heteroatoms. The van der Waals surface area contributed by atoms with E-state index in [9.17, 15) is 9.59 Å².